The molecule has 3 unspecified atom stereocenters. The van der Waals surface area contributed by atoms with E-state index in [1.165, 1.54) is 73.6 Å². The molecule has 112 heavy (non-hydrogen) atoms. The second-order valence-corrected chi connectivity index (χ2v) is 32.5. The molecule has 5 saturated heterocycles. The van der Waals surface area contributed by atoms with Gasteiger partial charge >= 0.3 is 18.2 Å². The molecule has 8 aliphatic heterocycles. The number of piperazine rings is 3. The molecule has 0 aliphatic carbocycles. The summed E-state index contributed by atoms with van der Waals surface area (Å²) in [5.41, 5.74) is 7.82. The number of amides is 3. The van der Waals surface area contributed by atoms with E-state index in [1.807, 2.05) is 54.1 Å². The highest BCUT2D eigenvalue weighted by Crippen LogP contribution is 2.39. The van der Waals surface area contributed by atoms with Gasteiger partial charge in [0, 0.05) is 137 Å². The first-order valence-electron chi connectivity index (χ1n) is 38.4. The Morgan fingerprint density at radius 1 is 0.571 bits per heavy atom. The van der Waals surface area contributed by atoms with Crippen LogP contribution in [-0.4, -0.2) is 226 Å². The van der Waals surface area contributed by atoms with Crippen molar-refractivity contribution in [2.24, 2.45) is 0 Å². The number of anilines is 5. The molecule has 0 saturated carbocycles. The molecule has 8 aliphatic rings. The molecule has 3 amide bonds. The fourth-order valence-electron chi connectivity index (χ4n) is 16.2. The Hall–Kier alpha value is -9.06. The third-order valence-corrected chi connectivity index (χ3v) is 22.5. The minimum Gasteiger partial charge on any atom is -0.463 e. The number of nitriles is 3. The number of hydrogen-bond acceptors (Lipinski definition) is 25. The van der Waals surface area contributed by atoms with Crippen LogP contribution in [0.2, 0.25) is 0 Å². The van der Waals surface area contributed by atoms with Crippen LogP contribution in [0.15, 0.2) is 108 Å². The molecular weight excluding hydrogens is 1490 g/mol. The van der Waals surface area contributed by atoms with Crippen molar-refractivity contribution in [3.8, 4) is 24.2 Å². The molecule has 11 heterocycles. The van der Waals surface area contributed by atoms with E-state index in [9.17, 15) is 30.2 Å². The number of carbonyl (C=O) groups excluding carboxylic acids is 3. The summed E-state index contributed by atoms with van der Waals surface area (Å²) in [5.74, 6) is 2.61. The highest BCUT2D eigenvalue weighted by molar-refractivity contribution is 7.98. The molecule has 15 rings (SSSR count). The van der Waals surface area contributed by atoms with E-state index in [1.54, 1.807) is 14.7 Å². The lowest BCUT2D eigenvalue weighted by molar-refractivity contribution is -0.128. The molecule has 7 aromatic rings. The van der Waals surface area contributed by atoms with Crippen molar-refractivity contribution in [3.05, 3.63) is 131 Å². The number of ether oxygens (including phenoxy) is 4. The van der Waals surface area contributed by atoms with E-state index in [0.717, 1.165) is 128 Å². The van der Waals surface area contributed by atoms with Gasteiger partial charge < -0.3 is 63.5 Å². The Morgan fingerprint density at radius 2 is 1.04 bits per heavy atom. The zero-order chi connectivity index (χ0) is 77.2. The number of rotatable bonds is 16. The van der Waals surface area contributed by atoms with Crippen LogP contribution in [0.5, 0.6) is 6.01 Å². The van der Waals surface area contributed by atoms with Crippen LogP contribution in [-0.2, 0) is 57.9 Å². The van der Waals surface area contributed by atoms with Gasteiger partial charge in [-0.2, -0.15) is 52.7 Å². The van der Waals surface area contributed by atoms with Crippen LogP contribution in [0.4, 0.5) is 38.4 Å². The van der Waals surface area contributed by atoms with Gasteiger partial charge in [-0.3, -0.25) is 9.69 Å². The molecule has 2 bridgehead atoms. The fraction of sp³-hybridized carbons (Fsp3) is 0.512. The first kappa shape index (κ1) is 83.9. The van der Waals surface area contributed by atoms with E-state index in [0.29, 0.717) is 96.8 Å². The molecule has 594 valence electrons. The van der Waals surface area contributed by atoms with Crippen LogP contribution in [0.3, 0.4) is 0 Å². The molecule has 4 aromatic carbocycles. The lowest BCUT2D eigenvalue weighted by Gasteiger charge is -2.42. The molecule has 5 atom stereocenters. The van der Waals surface area contributed by atoms with Gasteiger partial charge in [0.1, 0.15) is 28.7 Å². The summed E-state index contributed by atoms with van der Waals surface area (Å²) in [6.07, 6.45) is 10.3. The van der Waals surface area contributed by atoms with Gasteiger partial charge in [0.25, 0.3) is 0 Å². The summed E-state index contributed by atoms with van der Waals surface area (Å²) in [4.78, 5) is 86.4. The van der Waals surface area contributed by atoms with Gasteiger partial charge in [0.2, 0.25) is 5.91 Å². The van der Waals surface area contributed by atoms with Crippen molar-refractivity contribution in [2.45, 2.75) is 164 Å². The molecule has 26 nitrogen and oxygen atoms in total. The Kier molecular flexibility index (Phi) is 28.2. The van der Waals surface area contributed by atoms with E-state index >= 15 is 0 Å². The first-order valence-corrected chi connectivity index (χ1v) is 40.9. The number of aromatic nitrogens is 6. The standard InChI is InChI=1S/C34H39N7O3.C29H34N6O2S.C19H28N6O2S.2H2S/c1-2-32(42)41-17-16-40(20-25(41)11-13-35)33-29-12-15-39(31-10-5-8-24-7-3-4-9-28(24)31)22-30(29)36-34(37-33)43-18-6-14-38-21-27-19-26(38)23-44-27;1-29(2,3)37-28(36)35-17-16-34(18-21(35)12-14-30)26-23-13-15-33(19-24(23)31-27(32-26)38-4)25-11-7-9-20-8-5-6-10-22(20)25;1-19(2,3)27-18(26)25-10-9-24(12-13(25)5-7-20)16-14-6-8-21-11-15(14)22-17(23-16)28-4;;/h2-5,7-10,25-27H,1,6,11-12,14-23H2;5-11,21H,12-13,15-19H2,1-4H3;13,21H,5-6,8-12H2,1-4H3;2*1H2/t25?,26-,27-;;;;/m0..../s1. The van der Waals surface area contributed by atoms with Crippen LogP contribution in [0.25, 0.3) is 21.5 Å². The number of benzene rings is 4. The molecule has 3 aromatic heterocycles. The van der Waals surface area contributed by atoms with Gasteiger partial charge in [-0.1, -0.05) is 103 Å². The number of carbonyl (C=O) groups is 3. The van der Waals surface area contributed by atoms with Crippen molar-refractivity contribution < 1.29 is 33.3 Å². The zero-order valence-electron chi connectivity index (χ0n) is 65.6. The average molecular weight is 1600 g/mol. The minimum absolute atomic E-state index is 0. The third kappa shape index (κ3) is 19.7. The maximum Gasteiger partial charge on any atom is 0.410 e. The van der Waals surface area contributed by atoms with Crippen molar-refractivity contribution >= 4 is 119 Å². The average Bonchev–Trinajstić information content (AvgIpc) is 0.953. The normalized spacial score (nSPS) is 20.0. The maximum absolute atomic E-state index is 12.9. The van der Waals surface area contributed by atoms with Crippen molar-refractivity contribution in [1.82, 2.24) is 54.8 Å². The number of nitrogens with one attached hydrogen (secondary N) is 1. The van der Waals surface area contributed by atoms with Gasteiger partial charge in [-0.25, -0.2) is 29.5 Å². The summed E-state index contributed by atoms with van der Waals surface area (Å²) in [5, 5.41) is 38.1. The monoisotopic (exact) mass is 1600 g/mol. The quantitative estimate of drug-likeness (QED) is 0.0407. The van der Waals surface area contributed by atoms with Crippen LogP contribution >= 0.6 is 50.5 Å². The highest BCUT2D eigenvalue weighted by Gasteiger charge is 2.41. The second kappa shape index (κ2) is 37.7. The SMILES string of the molecule is C=CC(=O)N1CCN(c2nc(OCCCN3C[C@@H]4C[C@H]3CO4)nc3c2CCN(c2cccc4ccccc24)C3)CC1CC#N.CSc1nc2c(c(N3CCN(C(=O)OC(C)(C)C)C(CC#N)C3)n1)CCN(c1cccc3ccccc13)C2.CSc1nc2c(c(N3CCN(C(=O)OC(C)(C)C)C(CC#N)C3)n1)CCNC2.S.S. The summed E-state index contributed by atoms with van der Waals surface area (Å²) < 4.78 is 23.2. The van der Waals surface area contributed by atoms with Crippen molar-refractivity contribution in [2.75, 3.05) is 142 Å². The van der Waals surface area contributed by atoms with Crippen molar-refractivity contribution in [3.63, 3.8) is 0 Å². The fourth-order valence-corrected chi connectivity index (χ4v) is 17.0. The number of thioether (sulfide) groups is 2. The molecule has 1 N–H and O–H groups in total. The smallest absolute Gasteiger partial charge is 0.410 e. The summed E-state index contributed by atoms with van der Waals surface area (Å²) in [6, 6.07) is 36.9. The minimum atomic E-state index is -0.583. The van der Waals surface area contributed by atoms with E-state index in [4.69, 9.17) is 43.9 Å². The zero-order valence-corrected chi connectivity index (χ0v) is 69.2. The topological polar surface area (TPSA) is 278 Å². The number of morpholine rings is 1. The lowest BCUT2D eigenvalue weighted by atomic mass is 10.0. The van der Waals surface area contributed by atoms with Gasteiger partial charge in [-0.15, -0.1) is 0 Å². The number of fused-ring (bicyclic) bond motifs is 7. The number of likely N-dealkylation sites (tertiary alicyclic amines) is 1. The Bertz CT molecular complexity index is 4630. The third-order valence-electron chi connectivity index (χ3n) is 21.4. The number of nitrogens with zero attached hydrogens (tertiary/aromatic N) is 18. The lowest BCUT2D eigenvalue weighted by Crippen LogP contribution is -2.56. The van der Waals surface area contributed by atoms with Gasteiger partial charge in [0.05, 0.1) is 105 Å². The second-order valence-electron chi connectivity index (χ2n) is 31.0. The molecule has 30 heteroatoms. The van der Waals surface area contributed by atoms with Crippen LogP contribution in [0, 0.1) is 34.0 Å². The van der Waals surface area contributed by atoms with Crippen LogP contribution in [0.1, 0.15) is 107 Å². The molecule has 0 spiro atoms. The largest absolute Gasteiger partial charge is 0.463 e. The Morgan fingerprint density at radius 3 is 1.51 bits per heavy atom. The summed E-state index contributed by atoms with van der Waals surface area (Å²) >= 11 is 3.07. The Labute approximate surface area is 680 Å². The van der Waals surface area contributed by atoms with E-state index in [2.05, 4.69) is 149 Å². The van der Waals surface area contributed by atoms with Gasteiger partial charge in [0.15, 0.2) is 10.3 Å². The number of hydrogen-bond donors (Lipinski definition) is 1. The molecule has 5 fully saturated rings. The predicted octanol–water partition coefficient (Wildman–Crippen LogP) is 11.2. The highest BCUT2D eigenvalue weighted by atomic mass is 32.2. The maximum atomic E-state index is 12.9. The summed E-state index contributed by atoms with van der Waals surface area (Å²) in [6.45, 7) is 28.0. The Balaban J connectivity index is 0.000000169. The predicted molar refractivity (Wildman–Crippen MR) is 450 cm³/mol. The first-order chi connectivity index (χ1) is 53.2. The summed E-state index contributed by atoms with van der Waals surface area (Å²) in [7, 11) is 0. The van der Waals surface area contributed by atoms with Crippen molar-refractivity contribution in [1.29, 1.82) is 15.8 Å². The van der Waals surface area contributed by atoms with E-state index < -0.39 is 11.2 Å². The van der Waals surface area contributed by atoms with Crippen LogP contribution < -0.4 is 34.6 Å². The van der Waals surface area contributed by atoms with E-state index in [-0.39, 0.29) is 82.5 Å². The van der Waals surface area contributed by atoms with Gasteiger partial charge in [-0.05, 0) is 122 Å². The molecule has 0 radical (unpaired) electrons. The molecular formula is C82H105N19O7S4.